The van der Waals surface area contributed by atoms with Crippen molar-refractivity contribution in [3.05, 3.63) is 46.1 Å². The molecule has 1 aromatic carbocycles. The van der Waals surface area contributed by atoms with Crippen LogP contribution in [0.15, 0.2) is 29.4 Å². The predicted molar refractivity (Wildman–Crippen MR) is 110 cm³/mol. The van der Waals surface area contributed by atoms with Gasteiger partial charge in [-0.05, 0) is 59.4 Å². The molecule has 3 N–H and O–H groups in total. The van der Waals surface area contributed by atoms with Crippen LogP contribution in [-0.4, -0.2) is 27.8 Å². The fourth-order valence-electron chi connectivity index (χ4n) is 3.92. The van der Waals surface area contributed by atoms with Crippen LogP contribution in [-0.2, 0) is 13.0 Å². The van der Waals surface area contributed by atoms with E-state index >= 15 is 0 Å². The fraction of sp³-hybridized carbons (Fsp3) is 0.522. The van der Waals surface area contributed by atoms with Crippen molar-refractivity contribution in [1.82, 2.24) is 5.32 Å². The molecule has 2 heterocycles. The second kappa shape index (κ2) is 8.00. The molecule has 2 atom stereocenters. The highest BCUT2D eigenvalue weighted by Crippen LogP contribution is 2.44. The van der Waals surface area contributed by atoms with Gasteiger partial charge in [0.25, 0.3) is 5.91 Å². The molecule has 0 saturated carbocycles. The Morgan fingerprint density at radius 1 is 1.29 bits per heavy atom. The number of allylic oxidation sites excluding steroid dienone is 4. The Bertz CT molecular complexity index is 835. The van der Waals surface area contributed by atoms with Gasteiger partial charge < -0.3 is 20.3 Å². The van der Waals surface area contributed by atoms with Crippen LogP contribution in [0, 0.1) is 0 Å². The second-order valence-corrected chi connectivity index (χ2v) is 8.46. The van der Waals surface area contributed by atoms with Gasteiger partial charge in [0.2, 0.25) is 0 Å². The first-order chi connectivity index (χ1) is 13.2. The molecule has 0 aromatic heterocycles. The van der Waals surface area contributed by atoms with Crippen LogP contribution in [0.2, 0.25) is 0 Å². The van der Waals surface area contributed by atoms with Crippen LogP contribution < -0.4 is 10.1 Å². The molecule has 0 aliphatic carbocycles. The maximum Gasteiger partial charge on any atom is 0.252 e. The third kappa shape index (κ3) is 4.09. The Labute approximate surface area is 167 Å². The summed E-state index contributed by atoms with van der Waals surface area (Å²) in [4.78, 5) is 12.0. The number of hydrogen-bond acceptors (Lipinski definition) is 4. The molecular weight excluding hydrogens is 354 g/mol. The molecule has 0 radical (unpaired) electrons. The van der Waals surface area contributed by atoms with Crippen molar-refractivity contribution in [1.29, 1.82) is 0 Å². The Morgan fingerprint density at radius 3 is 2.75 bits per heavy atom. The summed E-state index contributed by atoms with van der Waals surface area (Å²) in [6.45, 7) is 8.66. The van der Waals surface area contributed by atoms with Gasteiger partial charge in [-0.15, -0.1) is 0 Å². The molecule has 0 spiro atoms. The summed E-state index contributed by atoms with van der Waals surface area (Å²) in [5, 5.41) is 23.8. The van der Waals surface area contributed by atoms with Crippen molar-refractivity contribution in [2.45, 2.75) is 78.0 Å². The number of carbonyl (C=O) groups excluding carboxylic acids is 1. The van der Waals surface area contributed by atoms with E-state index in [-0.39, 0.29) is 11.7 Å². The molecule has 0 saturated heterocycles. The van der Waals surface area contributed by atoms with Crippen LogP contribution in [0.4, 0.5) is 0 Å². The number of benzene rings is 1. The summed E-state index contributed by atoms with van der Waals surface area (Å²) in [5.74, 6) is 0.381. The van der Waals surface area contributed by atoms with Crippen molar-refractivity contribution >= 4 is 5.91 Å². The first kappa shape index (κ1) is 20.5. The van der Waals surface area contributed by atoms with Gasteiger partial charge in [0.05, 0.1) is 11.7 Å². The summed E-state index contributed by atoms with van der Waals surface area (Å²) in [6.07, 6.45) is 7.61. The molecule has 0 unspecified atom stereocenters. The van der Waals surface area contributed by atoms with Crippen molar-refractivity contribution < 1.29 is 19.7 Å². The highest BCUT2D eigenvalue weighted by Gasteiger charge is 2.43. The predicted octanol–water partition coefficient (Wildman–Crippen LogP) is 4.16. The summed E-state index contributed by atoms with van der Waals surface area (Å²) in [5.41, 5.74) is 3.75. The SMILES string of the molecule is CC(C)=CCCC(C)=CCC[C@]1(C)Oc2c(c(O)cc3c2CNC3=O)C[C@@H]1O. The molecule has 0 bridgehead atoms. The Balaban J connectivity index is 1.73. The minimum atomic E-state index is -0.753. The van der Waals surface area contributed by atoms with Gasteiger partial charge in [-0.25, -0.2) is 0 Å². The third-order valence-corrected chi connectivity index (χ3v) is 5.80. The van der Waals surface area contributed by atoms with E-state index in [1.807, 2.05) is 6.92 Å². The number of aliphatic hydroxyl groups excluding tert-OH is 1. The molecule has 3 rings (SSSR count). The second-order valence-electron chi connectivity index (χ2n) is 8.46. The van der Waals surface area contributed by atoms with Gasteiger partial charge in [0, 0.05) is 24.1 Å². The molecule has 2 aliphatic heterocycles. The summed E-state index contributed by atoms with van der Waals surface area (Å²) in [6, 6.07) is 1.48. The maximum atomic E-state index is 12.0. The Morgan fingerprint density at radius 2 is 2.04 bits per heavy atom. The molecule has 5 heteroatoms. The number of hydrogen-bond donors (Lipinski definition) is 3. The number of phenolic OH excluding ortho intramolecular Hbond substituents is 1. The third-order valence-electron chi connectivity index (χ3n) is 5.80. The number of rotatable bonds is 6. The van der Waals surface area contributed by atoms with Crippen molar-refractivity contribution in [3.63, 3.8) is 0 Å². The number of amides is 1. The average molecular weight is 386 g/mol. The number of ether oxygens (including phenoxy) is 1. The van der Waals surface area contributed by atoms with E-state index in [1.165, 1.54) is 17.2 Å². The molecule has 152 valence electrons. The van der Waals surface area contributed by atoms with Crippen LogP contribution in [0.5, 0.6) is 11.5 Å². The number of aliphatic hydroxyl groups is 1. The lowest BCUT2D eigenvalue weighted by molar-refractivity contribution is -0.0598. The first-order valence-electron chi connectivity index (χ1n) is 10.0. The monoisotopic (exact) mass is 385 g/mol. The van der Waals surface area contributed by atoms with Crippen molar-refractivity contribution in [3.8, 4) is 11.5 Å². The van der Waals surface area contributed by atoms with E-state index in [9.17, 15) is 15.0 Å². The highest BCUT2D eigenvalue weighted by atomic mass is 16.5. The smallest absolute Gasteiger partial charge is 0.252 e. The molecule has 1 aromatic rings. The van der Waals surface area contributed by atoms with E-state index < -0.39 is 11.7 Å². The number of carbonyl (C=O) groups is 1. The van der Waals surface area contributed by atoms with E-state index in [0.29, 0.717) is 36.3 Å². The van der Waals surface area contributed by atoms with E-state index in [4.69, 9.17) is 4.74 Å². The van der Waals surface area contributed by atoms with E-state index in [0.717, 1.165) is 24.8 Å². The van der Waals surface area contributed by atoms with Crippen molar-refractivity contribution in [2.75, 3.05) is 0 Å². The van der Waals surface area contributed by atoms with Gasteiger partial charge >= 0.3 is 0 Å². The largest absolute Gasteiger partial charge is 0.508 e. The molecule has 5 nitrogen and oxygen atoms in total. The fourth-order valence-corrected chi connectivity index (χ4v) is 3.92. The summed E-state index contributed by atoms with van der Waals surface area (Å²) >= 11 is 0. The normalized spacial score (nSPS) is 23.5. The summed E-state index contributed by atoms with van der Waals surface area (Å²) in [7, 11) is 0. The van der Waals surface area contributed by atoms with Crippen LogP contribution in [0.25, 0.3) is 0 Å². The highest BCUT2D eigenvalue weighted by molar-refractivity contribution is 6.00. The van der Waals surface area contributed by atoms with Gasteiger partial charge in [-0.1, -0.05) is 23.3 Å². The molecule has 2 aliphatic rings. The topological polar surface area (TPSA) is 78.8 Å². The zero-order chi connectivity index (χ0) is 20.5. The molecule has 28 heavy (non-hydrogen) atoms. The molecule has 1 amide bonds. The minimum Gasteiger partial charge on any atom is -0.508 e. The number of nitrogens with one attached hydrogen (secondary N) is 1. The van der Waals surface area contributed by atoms with Gasteiger partial charge in [-0.2, -0.15) is 0 Å². The zero-order valence-electron chi connectivity index (χ0n) is 17.3. The van der Waals surface area contributed by atoms with E-state index in [2.05, 4.69) is 38.2 Å². The van der Waals surface area contributed by atoms with Crippen LogP contribution in [0.3, 0.4) is 0 Å². The Kier molecular flexibility index (Phi) is 5.84. The average Bonchev–Trinajstić information content (AvgIpc) is 2.97. The lowest BCUT2D eigenvalue weighted by atomic mass is 9.84. The quantitative estimate of drug-likeness (QED) is 0.643. The van der Waals surface area contributed by atoms with E-state index in [1.54, 1.807) is 0 Å². The lowest BCUT2D eigenvalue weighted by Crippen LogP contribution is -2.49. The van der Waals surface area contributed by atoms with Crippen molar-refractivity contribution in [2.24, 2.45) is 0 Å². The maximum absolute atomic E-state index is 12.0. The van der Waals surface area contributed by atoms with Gasteiger partial charge in [0.15, 0.2) is 0 Å². The number of fused-ring (bicyclic) bond motifs is 3. The van der Waals surface area contributed by atoms with Crippen LogP contribution >= 0.6 is 0 Å². The number of phenols is 1. The standard InChI is InChI=1S/C23H31NO4/c1-14(2)7-5-8-15(3)9-6-10-23(4)20(26)12-17-19(25)11-16-18(21(17)28-23)13-24-22(16)27/h7,9,11,20,25-26H,5-6,8,10,12-13H2,1-4H3,(H,24,27)/t20-,23-/m0/s1. The van der Waals surface area contributed by atoms with Gasteiger partial charge in [-0.3, -0.25) is 4.79 Å². The van der Waals surface area contributed by atoms with Gasteiger partial charge in [0.1, 0.15) is 17.1 Å². The summed E-state index contributed by atoms with van der Waals surface area (Å²) < 4.78 is 6.26. The molecule has 0 fully saturated rings. The minimum absolute atomic E-state index is 0.0157. The zero-order valence-corrected chi connectivity index (χ0v) is 17.3. The lowest BCUT2D eigenvalue weighted by Gasteiger charge is -2.40. The molecular formula is C23H31NO4. The van der Waals surface area contributed by atoms with Crippen LogP contribution in [0.1, 0.15) is 74.9 Å². The first-order valence-corrected chi connectivity index (χ1v) is 10.0. The Hall–Kier alpha value is -2.27. The number of aromatic hydroxyl groups is 1.